The molecule has 1 aromatic carbocycles. The van der Waals surface area contributed by atoms with Crippen LogP contribution in [0.5, 0.6) is 11.5 Å². The van der Waals surface area contributed by atoms with Crippen LogP contribution in [0.2, 0.25) is 0 Å². The Morgan fingerprint density at radius 1 is 1.07 bits per heavy atom. The zero-order valence-corrected chi connectivity index (χ0v) is 19.1. The highest BCUT2D eigenvalue weighted by Gasteiger charge is 2.21. The second-order valence-corrected chi connectivity index (χ2v) is 8.54. The van der Waals surface area contributed by atoms with Crippen molar-refractivity contribution in [1.82, 2.24) is 15.5 Å². The number of rotatable bonds is 8. The molecule has 0 aliphatic carbocycles. The van der Waals surface area contributed by atoms with Crippen molar-refractivity contribution >= 4 is 11.6 Å². The van der Waals surface area contributed by atoms with E-state index in [0.29, 0.717) is 12.0 Å². The Labute approximate surface area is 181 Å². The summed E-state index contributed by atoms with van der Waals surface area (Å²) in [4.78, 5) is 9.42. The molecule has 2 fully saturated rings. The predicted octanol–water partition coefficient (Wildman–Crippen LogP) is 2.57. The number of hydrogen-bond donors (Lipinski definition) is 2. The van der Waals surface area contributed by atoms with Gasteiger partial charge in [0.2, 0.25) is 0 Å². The van der Waals surface area contributed by atoms with Crippen molar-refractivity contribution in [3.8, 4) is 11.5 Å². The number of anilines is 1. The Morgan fingerprint density at radius 2 is 1.70 bits per heavy atom. The van der Waals surface area contributed by atoms with Gasteiger partial charge < -0.3 is 29.9 Å². The predicted molar refractivity (Wildman–Crippen MR) is 124 cm³/mol. The maximum absolute atomic E-state index is 5.42. The third kappa shape index (κ3) is 6.42. The summed E-state index contributed by atoms with van der Waals surface area (Å²) in [6, 6.07) is 6.52. The molecule has 2 heterocycles. The molecule has 2 aliphatic heterocycles. The Bertz CT molecular complexity index is 660. The Morgan fingerprint density at radius 3 is 2.27 bits per heavy atom. The van der Waals surface area contributed by atoms with E-state index in [9.17, 15) is 0 Å². The van der Waals surface area contributed by atoms with Crippen LogP contribution in [0.15, 0.2) is 23.2 Å². The summed E-state index contributed by atoms with van der Waals surface area (Å²) in [6.07, 6.45) is 4.85. The Balaban J connectivity index is 1.44. The number of nitrogens with zero attached hydrogens (tertiary/aromatic N) is 3. The molecule has 0 spiro atoms. The van der Waals surface area contributed by atoms with Crippen LogP contribution >= 0.6 is 0 Å². The summed E-state index contributed by atoms with van der Waals surface area (Å²) in [5.74, 6) is 3.20. The molecule has 0 aromatic heterocycles. The molecule has 0 saturated carbocycles. The minimum Gasteiger partial charge on any atom is -0.497 e. The molecule has 2 saturated heterocycles. The molecule has 168 valence electrons. The molecule has 2 aliphatic rings. The zero-order valence-electron chi connectivity index (χ0n) is 19.1. The molecule has 1 aromatic rings. The van der Waals surface area contributed by atoms with E-state index >= 15 is 0 Å². The second-order valence-electron chi connectivity index (χ2n) is 8.54. The van der Waals surface area contributed by atoms with Gasteiger partial charge >= 0.3 is 0 Å². The molecule has 30 heavy (non-hydrogen) atoms. The molecular weight excluding hydrogens is 378 g/mol. The molecule has 0 radical (unpaired) electrons. The summed E-state index contributed by atoms with van der Waals surface area (Å²) in [5, 5.41) is 7.15. The Kier molecular flexibility index (Phi) is 8.49. The van der Waals surface area contributed by atoms with Crippen LogP contribution in [0.3, 0.4) is 0 Å². The number of guanidine groups is 1. The molecule has 1 atom stereocenters. The summed E-state index contributed by atoms with van der Waals surface area (Å²) in [7, 11) is 5.25. The van der Waals surface area contributed by atoms with Crippen LogP contribution in [0.25, 0.3) is 0 Å². The lowest BCUT2D eigenvalue weighted by molar-refractivity contribution is 0.287. The van der Waals surface area contributed by atoms with Gasteiger partial charge in [-0.15, -0.1) is 0 Å². The first-order chi connectivity index (χ1) is 14.6. The first-order valence-electron chi connectivity index (χ1n) is 11.3. The fourth-order valence-electron chi connectivity index (χ4n) is 4.39. The first-order valence-corrected chi connectivity index (χ1v) is 11.3. The van der Waals surface area contributed by atoms with Crippen LogP contribution in [0, 0.1) is 5.92 Å². The van der Waals surface area contributed by atoms with Crippen molar-refractivity contribution < 1.29 is 9.47 Å². The van der Waals surface area contributed by atoms with Crippen molar-refractivity contribution in [3.63, 3.8) is 0 Å². The van der Waals surface area contributed by atoms with E-state index < -0.39 is 0 Å². The minimum absolute atomic E-state index is 0.439. The van der Waals surface area contributed by atoms with Gasteiger partial charge in [-0.05, 0) is 44.7 Å². The van der Waals surface area contributed by atoms with Crippen molar-refractivity contribution in [2.24, 2.45) is 10.9 Å². The largest absolute Gasteiger partial charge is 0.497 e. The normalized spacial score (nSPS) is 19.6. The molecule has 7 nitrogen and oxygen atoms in total. The molecule has 3 rings (SSSR count). The van der Waals surface area contributed by atoms with E-state index in [4.69, 9.17) is 9.47 Å². The number of aliphatic imine (C=N–C) groups is 1. The maximum atomic E-state index is 5.42. The fraction of sp³-hybridized carbons (Fsp3) is 0.696. The number of piperidine rings is 1. The van der Waals surface area contributed by atoms with Gasteiger partial charge in [-0.25, -0.2) is 0 Å². The number of likely N-dealkylation sites (tertiary alicyclic amines) is 1. The van der Waals surface area contributed by atoms with Crippen molar-refractivity contribution in [2.45, 2.75) is 38.6 Å². The van der Waals surface area contributed by atoms with Crippen LogP contribution < -0.4 is 25.0 Å². The average molecular weight is 418 g/mol. The lowest BCUT2D eigenvalue weighted by Gasteiger charge is -2.35. The summed E-state index contributed by atoms with van der Waals surface area (Å²) < 4.78 is 10.8. The van der Waals surface area contributed by atoms with E-state index in [1.165, 1.54) is 32.5 Å². The third-order valence-corrected chi connectivity index (χ3v) is 6.15. The fourth-order valence-corrected chi connectivity index (χ4v) is 4.39. The molecular formula is C23H39N5O2. The van der Waals surface area contributed by atoms with Gasteiger partial charge in [-0.2, -0.15) is 0 Å². The topological polar surface area (TPSA) is 61.4 Å². The third-order valence-electron chi connectivity index (χ3n) is 6.15. The lowest BCUT2D eigenvalue weighted by Crippen LogP contribution is -2.49. The number of methoxy groups -OCH3 is 2. The zero-order chi connectivity index (χ0) is 21.3. The smallest absolute Gasteiger partial charge is 0.191 e. The van der Waals surface area contributed by atoms with Crippen LogP contribution in [-0.2, 0) is 0 Å². The molecule has 1 unspecified atom stereocenters. The highest BCUT2D eigenvalue weighted by molar-refractivity contribution is 5.80. The molecule has 7 heteroatoms. The molecule has 0 amide bonds. The van der Waals surface area contributed by atoms with E-state index in [1.807, 2.05) is 13.1 Å². The first kappa shape index (κ1) is 22.5. The highest BCUT2D eigenvalue weighted by atomic mass is 16.5. The number of benzene rings is 1. The van der Waals surface area contributed by atoms with Gasteiger partial charge in [-0.1, -0.05) is 6.92 Å². The van der Waals surface area contributed by atoms with Crippen molar-refractivity contribution in [2.75, 3.05) is 65.4 Å². The van der Waals surface area contributed by atoms with E-state index in [1.54, 1.807) is 14.2 Å². The van der Waals surface area contributed by atoms with Gasteiger partial charge in [0.15, 0.2) is 5.96 Å². The Hall–Kier alpha value is -2.15. The minimum atomic E-state index is 0.439. The van der Waals surface area contributed by atoms with Crippen LogP contribution in [0.4, 0.5) is 5.69 Å². The van der Waals surface area contributed by atoms with Crippen molar-refractivity contribution in [3.05, 3.63) is 18.2 Å². The van der Waals surface area contributed by atoms with Crippen LogP contribution in [-0.4, -0.2) is 77.4 Å². The SMILES string of the molecule is CN=C(NCC(C)CN1CCCC1)NC1CCN(c2cc(OC)cc(OC)c2)CC1. The molecule has 2 N–H and O–H groups in total. The number of hydrogen-bond acceptors (Lipinski definition) is 5. The van der Waals surface area contributed by atoms with Gasteiger partial charge in [-0.3, -0.25) is 4.99 Å². The summed E-state index contributed by atoms with van der Waals surface area (Å²) >= 11 is 0. The monoisotopic (exact) mass is 417 g/mol. The average Bonchev–Trinajstić information content (AvgIpc) is 3.29. The van der Waals surface area contributed by atoms with Crippen molar-refractivity contribution in [1.29, 1.82) is 0 Å². The quantitative estimate of drug-likeness (QED) is 0.501. The van der Waals surface area contributed by atoms with Gasteiger partial charge in [0.05, 0.1) is 14.2 Å². The van der Waals surface area contributed by atoms with E-state index in [2.05, 4.69) is 44.5 Å². The maximum Gasteiger partial charge on any atom is 0.191 e. The molecule has 0 bridgehead atoms. The van der Waals surface area contributed by atoms with E-state index in [0.717, 1.165) is 55.6 Å². The standard InChI is InChI=1S/C23H39N5O2/c1-18(17-27-9-5-6-10-27)16-25-23(24-2)26-19-7-11-28(12-8-19)20-13-21(29-3)15-22(14-20)30-4/h13-15,18-19H,5-12,16-17H2,1-4H3,(H2,24,25,26). The van der Waals surface area contributed by atoms with Gasteiger partial charge in [0.25, 0.3) is 0 Å². The highest BCUT2D eigenvalue weighted by Crippen LogP contribution is 2.30. The van der Waals surface area contributed by atoms with Crippen LogP contribution in [0.1, 0.15) is 32.6 Å². The van der Waals surface area contributed by atoms with Gasteiger partial charge in [0, 0.05) is 63.2 Å². The second kappa shape index (κ2) is 11.3. The van der Waals surface area contributed by atoms with E-state index in [-0.39, 0.29) is 0 Å². The summed E-state index contributed by atoms with van der Waals surface area (Å²) in [5.41, 5.74) is 1.16. The lowest BCUT2D eigenvalue weighted by atomic mass is 10.0. The summed E-state index contributed by atoms with van der Waals surface area (Å²) in [6.45, 7) is 8.96. The van der Waals surface area contributed by atoms with Gasteiger partial charge in [0.1, 0.15) is 11.5 Å². The number of nitrogens with one attached hydrogen (secondary N) is 2. The number of ether oxygens (including phenoxy) is 2.